The maximum Gasteiger partial charge on any atom is 0.261 e. The van der Waals surface area contributed by atoms with Crippen molar-refractivity contribution >= 4 is 50.6 Å². The van der Waals surface area contributed by atoms with E-state index in [-0.39, 0.29) is 27.9 Å². The summed E-state index contributed by atoms with van der Waals surface area (Å²) in [5.74, 6) is 0.724. The Kier molecular flexibility index (Phi) is 9.51. The number of benzene rings is 7. The van der Waals surface area contributed by atoms with Crippen LogP contribution >= 0.6 is 0 Å². The van der Waals surface area contributed by atoms with E-state index >= 15 is 0 Å². The first kappa shape index (κ1) is 34.8. The van der Waals surface area contributed by atoms with Crippen LogP contribution in [-0.2, 0) is 10.0 Å². The molecule has 0 radical (unpaired) electrons. The molecule has 1 heterocycles. The molecule has 0 fully saturated rings. The minimum absolute atomic E-state index is 0.0729. The third-order valence-electron chi connectivity index (χ3n) is 9.18. The summed E-state index contributed by atoms with van der Waals surface area (Å²) in [5.41, 5.74) is 12.5. The molecule has 7 aromatic carbocycles. The minimum atomic E-state index is -4.04. The molecule has 8 rings (SSSR count). The Morgan fingerprint density at radius 2 is 1.15 bits per heavy atom. The van der Waals surface area contributed by atoms with Crippen molar-refractivity contribution < 1.29 is 13.2 Å². The Hall–Kier alpha value is -7.23. The maximum absolute atomic E-state index is 13.6. The number of rotatable bonds is 10. The number of sulfonamides is 1. The fourth-order valence-corrected chi connectivity index (χ4v) is 7.49. The molecule has 0 saturated carbocycles. The van der Waals surface area contributed by atoms with Gasteiger partial charge >= 0.3 is 0 Å². The zero-order chi connectivity index (χ0) is 37.8. The van der Waals surface area contributed by atoms with Crippen molar-refractivity contribution in [2.45, 2.75) is 4.90 Å². The first-order valence-electron chi connectivity index (χ1n) is 17.5. The Balaban J connectivity index is 1.27. The second kappa shape index (κ2) is 15.0. The number of carbonyl (C=O) groups excluding carboxylic acids is 1. The molecule has 266 valence electrons. The molecule has 0 aliphatic rings. The monoisotopic (exact) mass is 735 g/mol. The normalized spacial score (nSPS) is 11.5. The summed E-state index contributed by atoms with van der Waals surface area (Å²) in [5, 5.41) is 2.26. The van der Waals surface area contributed by atoms with Crippen molar-refractivity contribution in [3.05, 3.63) is 180 Å². The number of hydrogen-bond acceptors (Lipinski definition) is 7. The summed E-state index contributed by atoms with van der Waals surface area (Å²) in [6.45, 7) is 0. The fourth-order valence-electron chi connectivity index (χ4n) is 6.36. The number of anilines is 2. The van der Waals surface area contributed by atoms with Gasteiger partial charge in [0.25, 0.3) is 10.0 Å². The second-order valence-corrected chi connectivity index (χ2v) is 14.5. The largest absolute Gasteiger partial charge is 0.397 e. The van der Waals surface area contributed by atoms with Gasteiger partial charge < -0.3 is 5.73 Å². The van der Waals surface area contributed by atoms with Crippen LogP contribution in [0.15, 0.2) is 169 Å². The van der Waals surface area contributed by atoms with Crippen LogP contribution in [0.4, 0.5) is 11.4 Å². The molecule has 0 aliphatic heterocycles. The van der Waals surface area contributed by atoms with Crippen molar-refractivity contribution in [3.63, 3.8) is 0 Å². The van der Waals surface area contributed by atoms with Crippen LogP contribution in [0.2, 0.25) is 0 Å². The SMILES string of the molecule is Nc1cccc(-c2nc(-c3cccc(-c4ccc5ccccc5c4)c3)nc(-c3ccc(/C=C/c4ccccc4)cc3C=O)n2)c1NS(=O)(=O)c1ccccc1. The first-order valence-corrected chi connectivity index (χ1v) is 19.0. The highest BCUT2D eigenvalue weighted by Gasteiger charge is 2.22. The topological polar surface area (TPSA) is 128 Å². The quantitative estimate of drug-likeness (QED) is 0.0813. The Bertz CT molecular complexity index is 2840. The molecule has 55 heavy (non-hydrogen) atoms. The van der Waals surface area contributed by atoms with E-state index in [1.54, 1.807) is 48.5 Å². The number of nitrogens with one attached hydrogen (secondary N) is 1. The molecule has 9 heteroatoms. The highest BCUT2D eigenvalue weighted by atomic mass is 32.2. The third kappa shape index (κ3) is 7.50. The van der Waals surface area contributed by atoms with Gasteiger partial charge in [-0.1, -0.05) is 127 Å². The highest BCUT2D eigenvalue weighted by molar-refractivity contribution is 7.92. The zero-order valence-corrected chi connectivity index (χ0v) is 30.2. The number of nitrogen functional groups attached to an aromatic ring is 1. The Labute approximate surface area is 318 Å². The van der Waals surface area contributed by atoms with Crippen LogP contribution in [-0.4, -0.2) is 29.7 Å². The van der Waals surface area contributed by atoms with Gasteiger partial charge in [-0.05, 0) is 81.6 Å². The summed E-state index contributed by atoms with van der Waals surface area (Å²) in [7, 11) is -4.04. The summed E-state index contributed by atoms with van der Waals surface area (Å²) in [6.07, 6.45) is 4.69. The minimum Gasteiger partial charge on any atom is -0.397 e. The first-order chi connectivity index (χ1) is 26.8. The molecule has 8 nitrogen and oxygen atoms in total. The molecule has 0 amide bonds. The molecule has 0 aliphatic carbocycles. The van der Waals surface area contributed by atoms with Gasteiger partial charge in [0.1, 0.15) is 0 Å². The molecule has 8 aromatic rings. The van der Waals surface area contributed by atoms with E-state index in [0.29, 0.717) is 28.1 Å². The predicted octanol–water partition coefficient (Wildman–Crippen LogP) is 10.1. The van der Waals surface area contributed by atoms with E-state index in [4.69, 9.17) is 20.7 Å². The van der Waals surface area contributed by atoms with Crippen molar-refractivity contribution in [1.29, 1.82) is 0 Å². The van der Waals surface area contributed by atoms with E-state index in [2.05, 4.69) is 35.1 Å². The lowest BCUT2D eigenvalue weighted by molar-refractivity contribution is 0.112. The molecular weight excluding hydrogens is 703 g/mol. The van der Waals surface area contributed by atoms with Crippen LogP contribution in [0.5, 0.6) is 0 Å². The third-order valence-corrected chi connectivity index (χ3v) is 10.5. The lowest BCUT2D eigenvalue weighted by Gasteiger charge is -2.16. The van der Waals surface area contributed by atoms with Crippen LogP contribution in [0.1, 0.15) is 21.5 Å². The van der Waals surface area contributed by atoms with Gasteiger partial charge in [-0.3, -0.25) is 9.52 Å². The van der Waals surface area contributed by atoms with Crippen molar-refractivity contribution in [3.8, 4) is 45.3 Å². The Morgan fingerprint density at radius 3 is 1.93 bits per heavy atom. The number of aromatic nitrogens is 3. The smallest absolute Gasteiger partial charge is 0.261 e. The van der Waals surface area contributed by atoms with Gasteiger partial charge in [-0.25, -0.2) is 23.4 Å². The van der Waals surface area contributed by atoms with E-state index in [0.717, 1.165) is 39.3 Å². The van der Waals surface area contributed by atoms with Crippen molar-refractivity contribution in [1.82, 2.24) is 15.0 Å². The molecule has 0 atom stereocenters. The predicted molar refractivity (Wildman–Crippen MR) is 221 cm³/mol. The van der Waals surface area contributed by atoms with Gasteiger partial charge in [0.15, 0.2) is 23.8 Å². The average Bonchev–Trinajstić information content (AvgIpc) is 3.24. The molecule has 0 unspecified atom stereocenters. The van der Waals surface area contributed by atoms with Gasteiger partial charge in [0.05, 0.1) is 16.3 Å². The summed E-state index contributed by atoms with van der Waals surface area (Å²) in [6, 6.07) is 50.8. The Morgan fingerprint density at radius 1 is 0.509 bits per heavy atom. The van der Waals surface area contributed by atoms with Gasteiger partial charge in [-0.15, -0.1) is 0 Å². The number of carbonyl (C=O) groups is 1. The van der Waals surface area contributed by atoms with Crippen LogP contribution in [0.3, 0.4) is 0 Å². The maximum atomic E-state index is 13.6. The number of para-hydroxylation sites is 1. The highest BCUT2D eigenvalue weighted by Crippen LogP contribution is 2.36. The molecular formula is C46H33N5O3S. The van der Waals surface area contributed by atoms with E-state index in [1.807, 2.05) is 84.9 Å². The van der Waals surface area contributed by atoms with Crippen molar-refractivity contribution in [2.75, 3.05) is 10.5 Å². The van der Waals surface area contributed by atoms with E-state index in [9.17, 15) is 13.2 Å². The number of fused-ring (bicyclic) bond motifs is 1. The average molecular weight is 736 g/mol. The standard InChI is InChI=1S/C46H33N5O3S/c47-42-20-10-19-41(43(42)51-55(53,54)39-17-5-2-6-18-39)46-49-44(37-16-9-15-35(29-37)36-25-24-33-13-7-8-14-34(33)28-36)48-45(50-46)40-26-23-32(27-38(40)30-52)22-21-31-11-3-1-4-12-31/h1-30,51H,47H2/b22-21+. The number of hydrogen-bond donors (Lipinski definition) is 2. The second-order valence-electron chi connectivity index (χ2n) is 12.8. The lowest BCUT2D eigenvalue weighted by atomic mass is 9.99. The van der Waals surface area contributed by atoms with Crippen LogP contribution in [0, 0.1) is 0 Å². The van der Waals surface area contributed by atoms with Crippen LogP contribution in [0.25, 0.3) is 68.2 Å². The molecule has 0 spiro atoms. The lowest BCUT2D eigenvalue weighted by Crippen LogP contribution is -2.15. The van der Waals surface area contributed by atoms with E-state index < -0.39 is 10.0 Å². The fraction of sp³-hybridized carbons (Fsp3) is 0. The van der Waals surface area contributed by atoms with Crippen LogP contribution < -0.4 is 10.5 Å². The number of aldehydes is 1. The van der Waals surface area contributed by atoms with Gasteiger partial charge in [0.2, 0.25) is 0 Å². The van der Waals surface area contributed by atoms with Gasteiger partial charge in [0, 0.05) is 22.3 Å². The van der Waals surface area contributed by atoms with Gasteiger partial charge in [-0.2, -0.15) is 0 Å². The molecule has 0 bridgehead atoms. The number of nitrogens with zero attached hydrogens (tertiary/aromatic N) is 3. The zero-order valence-electron chi connectivity index (χ0n) is 29.4. The molecule has 0 saturated heterocycles. The molecule has 3 N–H and O–H groups in total. The summed E-state index contributed by atoms with van der Waals surface area (Å²) in [4.78, 5) is 27.4. The van der Waals surface area contributed by atoms with E-state index in [1.165, 1.54) is 12.1 Å². The molecule has 1 aromatic heterocycles. The van der Waals surface area contributed by atoms with Crippen molar-refractivity contribution in [2.24, 2.45) is 0 Å². The summed E-state index contributed by atoms with van der Waals surface area (Å²) < 4.78 is 29.8. The summed E-state index contributed by atoms with van der Waals surface area (Å²) >= 11 is 0. The number of nitrogens with two attached hydrogens (primary N) is 1.